The van der Waals surface area contributed by atoms with Crippen LogP contribution in [0.3, 0.4) is 0 Å². The van der Waals surface area contributed by atoms with Crippen LogP contribution >= 0.6 is 0 Å². The highest BCUT2D eigenvalue weighted by Gasteiger charge is 2.39. The lowest BCUT2D eigenvalue weighted by molar-refractivity contribution is -0.141. The Balaban J connectivity index is 1.17. The highest BCUT2D eigenvalue weighted by atomic mass is 32.2. The maximum Gasteiger partial charge on any atom is 0.245 e. The number of nitrogens with one attached hydrogen (secondary N) is 4. The topological polar surface area (TPSA) is 297 Å². The third-order valence-electron chi connectivity index (χ3n) is 10.5. The summed E-state index contributed by atoms with van der Waals surface area (Å²) >= 11 is 0. The zero-order valence-electron chi connectivity index (χ0n) is 33.5. The van der Waals surface area contributed by atoms with E-state index in [1.165, 1.54) is 67.3 Å². The SMILES string of the molecule is CC(N)C(=O)NC(C)C(=O)N1CCCC1C(=O)NC(Cc1ccccc1)C(=O)NCCS(=O)(=O)c1cccc(Nc2cc(S(=O)(=O)[O-])c(N)c3c2C(=O)c2ccccc2C3=O)c1. The number of sulfone groups is 1. The van der Waals surface area contributed by atoms with E-state index in [-0.39, 0.29) is 45.9 Å². The molecule has 1 aliphatic heterocycles. The molecule has 1 saturated heterocycles. The van der Waals surface area contributed by atoms with Crippen molar-refractivity contribution in [1.82, 2.24) is 20.9 Å². The first-order chi connectivity index (χ1) is 29.3. The Kier molecular flexibility index (Phi) is 13.3. The molecule has 1 aliphatic carbocycles. The maximum absolute atomic E-state index is 13.7. The molecule has 62 heavy (non-hydrogen) atoms. The molecule has 326 valence electrons. The van der Waals surface area contributed by atoms with E-state index in [1.54, 1.807) is 30.3 Å². The summed E-state index contributed by atoms with van der Waals surface area (Å²) in [6.45, 7) is 2.81. The lowest BCUT2D eigenvalue weighted by Gasteiger charge is -2.29. The van der Waals surface area contributed by atoms with Gasteiger partial charge >= 0.3 is 0 Å². The predicted molar refractivity (Wildman–Crippen MR) is 225 cm³/mol. The summed E-state index contributed by atoms with van der Waals surface area (Å²) in [6, 6.07) is 16.7. The molecule has 2 aliphatic rings. The Bertz CT molecular complexity index is 2690. The number of anilines is 3. The number of nitrogens with zero attached hydrogens (tertiary/aromatic N) is 1. The molecule has 4 amide bonds. The number of nitrogens with two attached hydrogens (primary N) is 2. The van der Waals surface area contributed by atoms with Gasteiger partial charge < -0.3 is 42.2 Å². The van der Waals surface area contributed by atoms with Crippen molar-refractivity contribution in [3.63, 3.8) is 0 Å². The van der Waals surface area contributed by atoms with Crippen LogP contribution in [-0.2, 0) is 45.6 Å². The number of amides is 4. The highest BCUT2D eigenvalue weighted by Crippen LogP contribution is 2.40. The van der Waals surface area contributed by atoms with E-state index >= 15 is 0 Å². The molecule has 0 bridgehead atoms. The Morgan fingerprint density at radius 3 is 2.13 bits per heavy atom. The minimum absolute atomic E-state index is 0.0134. The lowest BCUT2D eigenvalue weighted by atomic mass is 9.82. The quantitative estimate of drug-likeness (QED) is 0.0635. The summed E-state index contributed by atoms with van der Waals surface area (Å²) in [5, 5.41) is 10.6. The van der Waals surface area contributed by atoms with Gasteiger partial charge in [-0.25, -0.2) is 16.8 Å². The van der Waals surface area contributed by atoms with E-state index in [9.17, 15) is 50.2 Å². The van der Waals surface area contributed by atoms with E-state index < -0.39 is 108 Å². The Hall–Kier alpha value is -6.48. The second-order valence-electron chi connectivity index (χ2n) is 15.0. The summed E-state index contributed by atoms with van der Waals surface area (Å²) in [6.07, 6.45) is 0.837. The number of hydrogen-bond acceptors (Lipinski definition) is 14. The van der Waals surface area contributed by atoms with Crippen LogP contribution in [0, 0.1) is 0 Å². The fourth-order valence-electron chi connectivity index (χ4n) is 7.36. The number of hydrogen-bond donors (Lipinski definition) is 6. The summed E-state index contributed by atoms with van der Waals surface area (Å²) in [4.78, 5) is 80.1. The average molecular weight is 887 g/mol. The van der Waals surface area contributed by atoms with Crippen LogP contribution in [0.2, 0.25) is 0 Å². The largest absolute Gasteiger partial charge is 0.744 e. The van der Waals surface area contributed by atoms with E-state index in [0.29, 0.717) is 18.4 Å². The molecule has 1 heterocycles. The summed E-state index contributed by atoms with van der Waals surface area (Å²) < 4.78 is 64.0. The molecule has 0 saturated carbocycles. The van der Waals surface area contributed by atoms with E-state index in [0.717, 1.165) is 6.07 Å². The van der Waals surface area contributed by atoms with Gasteiger partial charge in [0.1, 0.15) is 28.2 Å². The normalized spacial score (nSPS) is 16.3. The van der Waals surface area contributed by atoms with Crippen molar-refractivity contribution in [2.75, 3.05) is 29.9 Å². The highest BCUT2D eigenvalue weighted by molar-refractivity contribution is 7.91. The standard InChI is InChI=1S/C42H45N7O11S2/c1-23(43)39(52)46-24(2)42(55)49-18-9-16-32(49)41(54)48-31(20-25-10-4-3-5-11-25)40(53)45-17-19-61(56,57)27-13-8-12-26(21-27)47-30-22-33(62(58,59)60)36(44)35-34(30)37(50)28-14-6-7-15-29(28)38(35)51/h3-8,10-15,21-24,31-32,47H,9,16-20,43-44H2,1-2H3,(H,45,53)(H,46,52)(H,48,54)(H,58,59,60)/p-1. The zero-order valence-corrected chi connectivity index (χ0v) is 35.2. The van der Waals surface area contributed by atoms with Crippen LogP contribution in [-0.4, -0.2) is 104 Å². The van der Waals surface area contributed by atoms with Gasteiger partial charge in [0.15, 0.2) is 21.4 Å². The van der Waals surface area contributed by atoms with Gasteiger partial charge in [-0.05, 0) is 56.5 Å². The number of rotatable bonds is 15. The summed E-state index contributed by atoms with van der Waals surface area (Å²) in [7, 11) is -9.42. The Morgan fingerprint density at radius 2 is 1.48 bits per heavy atom. The van der Waals surface area contributed by atoms with Crippen LogP contribution in [0.15, 0.2) is 94.7 Å². The van der Waals surface area contributed by atoms with Gasteiger partial charge in [0.2, 0.25) is 23.6 Å². The molecule has 4 atom stereocenters. The molecule has 4 unspecified atom stereocenters. The van der Waals surface area contributed by atoms with Crippen molar-refractivity contribution in [2.24, 2.45) is 5.73 Å². The van der Waals surface area contributed by atoms with Crippen molar-refractivity contribution in [1.29, 1.82) is 0 Å². The van der Waals surface area contributed by atoms with E-state index in [4.69, 9.17) is 11.5 Å². The Labute approximate surface area is 357 Å². The first-order valence-corrected chi connectivity index (χ1v) is 22.5. The van der Waals surface area contributed by atoms with Gasteiger partial charge in [0.05, 0.1) is 44.1 Å². The fraction of sp³-hybridized carbons (Fsp3) is 0.286. The van der Waals surface area contributed by atoms with Crippen molar-refractivity contribution < 1.29 is 50.2 Å². The second-order valence-corrected chi connectivity index (χ2v) is 18.4. The minimum atomic E-state index is -5.26. The van der Waals surface area contributed by atoms with Gasteiger partial charge in [0, 0.05) is 36.3 Å². The third-order valence-corrected chi connectivity index (χ3v) is 13.1. The molecule has 0 aromatic heterocycles. The molecule has 0 spiro atoms. The molecule has 18 nitrogen and oxygen atoms in total. The van der Waals surface area contributed by atoms with Crippen molar-refractivity contribution >= 4 is 72.2 Å². The average Bonchev–Trinajstić information content (AvgIpc) is 3.73. The van der Waals surface area contributed by atoms with Crippen LogP contribution in [0.1, 0.15) is 64.1 Å². The molecule has 4 aromatic carbocycles. The molecule has 20 heteroatoms. The first kappa shape index (κ1) is 45.1. The van der Waals surface area contributed by atoms with Crippen LogP contribution in [0.4, 0.5) is 17.1 Å². The molecule has 4 aromatic rings. The van der Waals surface area contributed by atoms with Gasteiger partial charge in [-0.2, -0.15) is 0 Å². The van der Waals surface area contributed by atoms with Crippen LogP contribution in [0.5, 0.6) is 0 Å². The zero-order chi connectivity index (χ0) is 45.1. The molecule has 0 radical (unpaired) electrons. The van der Waals surface area contributed by atoms with Crippen LogP contribution < -0.4 is 32.7 Å². The molecule has 1 fully saturated rings. The smallest absolute Gasteiger partial charge is 0.245 e. The lowest BCUT2D eigenvalue weighted by Crippen LogP contribution is -2.57. The molecule has 6 rings (SSSR count). The predicted octanol–water partition coefficient (Wildman–Crippen LogP) is 1.15. The summed E-state index contributed by atoms with van der Waals surface area (Å²) in [5.74, 6) is -4.41. The molecule has 8 N–H and O–H groups in total. The second kappa shape index (κ2) is 18.2. The molecular weight excluding hydrogens is 843 g/mol. The van der Waals surface area contributed by atoms with E-state index in [2.05, 4.69) is 21.3 Å². The first-order valence-electron chi connectivity index (χ1n) is 19.5. The molecular formula is C42H44N7O11S2-. The Morgan fingerprint density at radius 1 is 0.839 bits per heavy atom. The number of benzene rings is 4. The third kappa shape index (κ3) is 9.68. The minimum Gasteiger partial charge on any atom is -0.744 e. The number of likely N-dealkylation sites (tertiary alicyclic amines) is 1. The van der Waals surface area contributed by atoms with Crippen LogP contribution in [0.25, 0.3) is 0 Å². The van der Waals surface area contributed by atoms with Gasteiger partial charge in [-0.3, -0.25) is 28.8 Å². The monoisotopic (exact) mass is 886 g/mol. The van der Waals surface area contributed by atoms with Crippen molar-refractivity contribution in [3.05, 3.63) is 113 Å². The number of nitrogen functional groups attached to an aromatic ring is 1. The van der Waals surface area contributed by atoms with E-state index in [1.807, 2.05) is 0 Å². The van der Waals surface area contributed by atoms with Gasteiger partial charge in [-0.15, -0.1) is 0 Å². The van der Waals surface area contributed by atoms with Gasteiger partial charge in [0.25, 0.3) is 0 Å². The summed E-state index contributed by atoms with van der Waals surface area (Å²) in [5.41, 5.74) is 10.6. The number of carbonyl (C=O) groups excluding carboxylic acids is 6. The maximum atomic E-state index is 13.7. The van der Waals surface area contributed by atoms with Crippen molar-refractivity contribution in [3.8, 4) is 0 Å². The van der Waals surface area contributed by atoms with Gasteiger partial charge in [-0.1, -0.05) is 60.7 Å². The van der Waals surface area contributed by atoms with Crippen molar-refractivity contribution in [2.45, 2.75) is 67.1 Å². The fourth-order valence-corrected chi connectivity index (χ4v) is 9.19. The number of ketones is 2. The number of fused-ring (bicyclic) bond motifs is 2. The number of carbonyl (C=O) groups is 6.